The molecule has 1 aliphatic heterocycles. The number of hydrogen-bond donors (Lipinski definition) is 0. The Balaban J connectivity index is 1.94. The van der Waals surface area contributed by atoms with Crippen molar-refractivity contribution < 1.29 is 22.7 Å². The lowest BCUT2D eigenvalue weighted by molar-refractivity contribution is -0.149. The minimum absolute atomic E-state index is 0.0450. The Labute approximate surface area is 175 Å². The standard InChI is InChI=1S/C19H23Cl2NO5S/c1-13(2)10-22(15-7-8-28(25,26)12-15)18(23)11-27-19(24)6-4-14-3-5-16(20)17(21)9-14/h3-6,9,13,15H,7-8,10-12H2,1-2H3/b6-4+. The van der Waals surface area contributed by atoms with Gasteiger partial charge < -0.3 is 9.64 Å². The summed E-state index contributed by atoms with van der Waals surface area (Å²) in [5, 5.41) is 0.773. The number of benzene rings is 1. The first-order valence-corrected chi connectivity index (χ1v) is 11.4. The van der Waals surface area contributed by atoms with Crippen LogP contribution in [-0.2, 0) is 24.2 Å². The van der Waals surface area contributed by atoms with Crippen LogP contribution >= 0.6 is 23.2 Å². The van der Waals surface area contributed by atoms with Gasteiger partial charge in [-0.2, -0.15) is 0 Å². The largest absolute Gasteiger partial charge is 0.452 e. The molecule has 1 saturated heterocycles. The van der Waals surface area contributed by atoms with Crippen LogP contribution < -0.4 is 0 Å². The number of sulfone groups is 1. The molecule has 6 nitrogen and oxygen atoms in total. The average molecular weight is 448 g/mol. The first kappa shape index (κ1) is 22.7. The van der Waals surface area contributed by atoms with Gasteiger partial charge >= 0.3 is 5.97 Å². The number of nitrogens with zero attached hydrogens (tertiary/aromatic N) is 1. The summed E-state index contributed by atoms with van der Waals surface area (Å²) in [5.41, 5.74) is 0.662. The van der Waals surface area contributed by atoms with E-state index >= 15 is 0 Å². The summed E-state index contributed by atoms with van der Waals surface area (Å²) < 4.78 is 28.5. The van der Waals surface area contributed by atoms with Crippen molar-refractivity contribution in [2.75, 3.05) is 24.7 Å². The molecular formula is C19H23Cl2NO5S. The summed E-state index contributed by atoms with van der Waals surface area (Å²) in [5.74, 6) is -0.880. The lowest BCUT2D eigenvalue weighted by Gasteiger charge is -2.29. The first-order valence-electron chi connectivity index (χ1n) is 8.87. The van der Waals surface area contributed by atoms with Crippen LogP contribution in [0.25, 0.3) is 6.08 Å². The van der Waals surface area contributed by atoms with Crippen molar-refractivity contribution in [3.8, 4) is 0 Å². The number of rotatable bonds is 7. The molecule has 0 bridgehead atoms. The molecule has 2 rings (SSSR count). The molecule has 9 heteroatoms. The summed E-state index contributed by atoms with van der Waals surface area (Å²) in [7, 11) is -3.12. The summed E-state index contributed by atoms with van der Waals surface area (Å²) >= 11 is 11.8. The van der Waals surface area contributed by atoms with E-state index in [0.29, 0.717) is 28.6 Å². The fraction of sp³-hybridized carbons (Fsp3) is 0.474. The third-order valence-electron chi connectivity index (χ3n) is 4.22. The average Bonchev–Trinajstić information content (AvgIpc) is 2.98. The molecule has 1 fully saturated rings. The van der Waals surface area contributed by atoms with Gasteiger partial charge in [0, 0.05) is 18.7 Å². The Morgan fingerprint density at radius 3 is 2.57 bits per heavy atom. The van der Waals surface area contributed by atoms with Crippen LogP contribution in [0.1, 0.15) is 25.8 Å². The summed E-state index contributed by atoms with van der Waals surface area (Å²) in [4.78, 5) is 26.0. The fourth-order valence-corrected chi connectivity index (χ4v) is 4.95. The highest BCUT2D eigenvalue weighted by Crippen LogP contribution is 2.23. The fourth-order valence-electron chi connectivity index (χ4n) is 2.91. The molecule has 1 unspecified atom stereocenters. The van der Waals surface area contributed by atoms with Crippen molar-refractivity contribution >= 4 is 51.0 Å². The van der Waals surface area contributed by atoms with Crippen LogP contribution in [0.3, 0.4) is 0 Å². The zero-order valence-electron chi connectivity index (χ0n) is 15.7. The van der Waals surface area contributed by atoms with E-state index < -0.39 is 28.3 Å². The number of esters is 1. The molecule has 0 spiro atoms. The maximum absolute atomic E-state index is 12.5. The molecule has 1 aromatic rings. The van der Waals surface area contributed by atoms with Crippen molar-refractivity contribution in [3.05, 3.63) is 39.9 Å². The van der Waals surface area contributed by atoms with Crippen molar-refractivity contribution in [1.82, 2.24) is 4.90 Å². The third-order valence-corrected chi connectivity index (χ3v) is 6.71. The lowest BCUT2D eigenvalue weighted by atomic mass is 10.1. The number of ether oxygens (including phenoxy) is 1. The van der Waals surface area contributed by atoms with Gasteiger partial charge in [-0.1, -0.05) is 43.1 Å². The smallest absolute Gasteiger partial charge is 0.331 e. The zero-order chi connectivity index (χ0) is 20.9. The van der Waals surface area contributed by atoms with E-state index in [4.69, 9.17) is 27.9 Å². The van der Waals surface area contributed by atoms with E-state index in [1.54, 1.807) is 18.2 Å². The Bertz CT molecular complexity index is 867. The van der Waals surface area contributed by atoms with Gasteiger partial charge in [-0.05, 0) is 36.1 Å². The van der Waals surface area contributed by atoms with Crippen molar-refractivity contribution in [3.63, 3.8) is 0 Å². The van der Waals surface area contributed by atoms with Crippen molar-refractivity contribution in [1.29, 1.82) is 0 Å². The molecule has 1 amide bonds. The Morgan fingerprint density at radius 1 is 1.29 bits per heavy atom. The van der Waals surface area contributed by atoms with Gasteiger partial charge in [0.15, 0.2) is 16.4 Å². The predicted molar refractivity (Wildman–Crippen MR) is 110 cm³/mol. The predicted octanol–water partition coefficient (Wildman–Crippen LogP) is 3.22. The number of amides is 1. The maximum atomic E-state index is 12.5. The van der Waals surface area contributed by atoms with Crippen LogP contribution in [0.4, 0.5) is 0 Å². The second-order valence-corrected chi connectivity index (χ2v) is 10.2. The van der Waals surface area contributed by atoms with Gasteiger partial charge in [0.25, 0.3) is 5.91 Å². The van der Waals surface area contributed by atoms with E-state index in [1.165, 1.54) is 17.1 Å². The van der Waals surface area contributed by atoms with Gasteiger partial charge in [-0.25, -0.2) is 13.2 Å². The van der Waals surface area contributed by atoms with E-state index in [1.807, 2.05) is 13.8 Å². The molecule has 1 aliphatic rings. The summed E-state index contributed by atoms with van der Waals surface area (Å²) in [6, 6.07) is 4.53. The lowest BCUT2D eigenvalue weighted by Crippen LogP contribution is -2.45. The number of carbonyl (C=O) groups is 2. The van der Waals surface area contributed by atoms with Crippen LogP contribution in [0.5, 0.6) is 0 Å². The summed E-state index contributed by atoms with van der Waals surface area (Å²) in [6.45, 7) is 3.86. The highest BCUT2D eigenvalue weighted by atomic mass is 35.5. The zero-order valence-corrected chi connectivity index (χ0v) is 18.1. The Morgan fingerprint density at radius 2 is 2.00 bits per heavy atom. The van der Waals surface area contributed by atoms with E-state index in [2.05, 4.69) is 0 Å². The number of halogens is 2. The molecule has 154 valence electrons. The van der Waals surface area contributed by atoms with E-state index in [9.17, 15) is 18.0 Å². The minimum Gasteiger partial charge on any atom is -0.452 e. The molecule has 28 heavy (non-hydrogen) atoms. The molecule has 1 aromatic carbocycles. The van der Waals surface area contributed by atoms with Gasteiger partial charge in [0.05, 0.1) is 21.6 Å². The van der Waals surface area contributed by atoms with Gasteiger partial charge in [-0.15, -0.1) is 0 Å². The second-order valence-electron chi connectivity index (χ2n) is 7.11. The Kier molecular flexibility index (Phi) is 7.92. The SMILES string of the molecule is CC(C)CN(C(=O)COC(=O)/C=C/c1ccc(Cl)c(Cl)c1)C1CCS(=O)(=O)C1. The van der Waals surface area contributed by atoms with Gasteiger partial charge in [-0.3, -0.25) is 4.79 Å². The van der Waals surface area contributed by atoms with Crippen molar-refractivity contribution in [2.24, 2.45) is 5.92 Å². The molecule has 0 aromatic heterocycles. The highest BCUT2D eigenvalue weighted by Gasteiger charge is 2.35. The van der Waals surface area contributed by atoms with Gasteiger partial charge in [0.2, 0.25) is 0 Å². The van der Waals surface area contributed by atoms with Gasteiger partial charge in [0.1, 0.15) is 0 Å². The van der Waals surface area contributed by atoms with Crippen LogP contribution in [0.2, 0.25) is 10.0 Å². The number of hydrogen-bond acceptors (Lipinski definition) is 5. The molecule has 0 N–H and O–H groups in total. The normalized spacial score (nSPS) is 18.5. The molecule has 1 atom stereocenters. The summed E-state index contributed by atoms with van der Waals surface area (Å²) in [6.07, 6.45) is 3.11. The highest BCUT2D eigenvalue weighted by molar-refractivity contribution is 7.91. The quantitative estimate of drug-likeness (QED) is 0.473. The molecular weight excluding hydrogens is 425 g/mol. The third kappa shape index (κ3) is 6.79. The monoisotopic (exact) mass is 447 g/mol. The van der Waals surface area contributed by atoms with Crippen LogP contribution in [0, 0.1) is 5.92 Å². The molecule has 0 aliphatic carbocycles. The van der Waals surface area contributed by atoms with E-state index in [-0.39, 0.29) is 23.5 Å². The van der Waals surface area contributed by atoms with Crippen molar-refractivity contribution in [2.45, 2.75) is 26.3 Å². The van der Waals surface area contributed by atoms with E-state index in [0.717, 1.165) is 0 Å². The molecule has 0 radical (unpaired) electrons. The second kappa shape index (κ2) is 9.76. The Hall–Kier alpha value is -1.57. The molecule has 0 saturated carbocycles. The minimum atomic E-state index is -3.12. The first-order chi connectivity index (χ1) is 13.1. The maximum Gasteiger partial charge on any atom is 0.331 e. The van der Waals surface area contributed by atoms with Crippen LogP contribution in [-0.4, -0.2) is 55.9 Å². The molecule has 1 heterocycles. The number of carbonyl (C=O) groups excluding carboxylic acids is 2. The topological polar surface area (TPSA) is 80.8 Å². The van der Waals surface area contributed by atoms with Crippen LogP contribution in [0.15, 0.2) is 24.3 Å².